The second-order valence-electron chi connectivity index (χ2n) is 5.01. The lowest BCUT2D eigenvalue weighted by molar-refractivity contribution is -0.152. The average molecular weight is 261 g/mol. The van der Waals surface area contributed by atoms with Crippen LogP contribution in [0.2, 0.25) is 0 Å². The molecule has 1 saturated heterocycles. The van der Waals surface area contributed by atoms with Gasteiger partial charge in [-0.25, -0.2) is 4.79 Å². The summed E-state index contributed by atoms with van der Waals surface area (Å²) in [5, 5.41) is 0. The van der Waals surface area contributed by atoms with Gasteiger partial charge < -0.3 is 14.4 Å². The molecule has 100 valence electrons. The van der Waals surface area contributed by atoms with Crippen LogP contribution < -0.4 is 0 Å². The van der Waals surface area contributed by atoms with E-state index in [9.17, 15) is 9.59 Å². The number of rotatable bonds is 2. The molecule has 0 aromatic heterocycles. The predicted octanol–water partition coefficient (Wildman–Crippen LogP) is 1.13. The van der Waals surface area contributed by atoms with E-state index in [4.69, 9.17) is 9.47 Å². The second-order valence-corrected chi connectivity index (χ2v) is 5.01. The van der Waals surface area contributed by atoms with Gasteiger partial charge in [0.25, 0.3) is 12.2 Å². The molecule has 2 heterocycles. The molecule has 0 radical (unpaired) electrons. The van der Waals surface area contributed by atoms with Crippen LogP contribution in [0, 0.1) is 5.92 Å². The summed E-state index contributed by atoms with van der Waals surface area (Å²) in [6.07, 6.45) is 7.30. The van der Waals surface area contributed by atoms with Crippen LogP contribution in [-0.4, -0.2) is 36.2 Å². The molecule has 1 aliphatic carbocycles. The van der Waals surface area contributed by atoms with Crippen LogP contribution in [0.15, 0.2) is 35.6 Å². The fourth-order valence-electron chi connectivity index (χ4n) is 2.69. The molecule has 0 spiro atoms. The Bertz CT molecular complexity index is 532. The summed E-state index contributed by atoms with van der Waals surface area (Å²) < 4.78 is 10.4. The minimum absolute atomic E-state index is 0.0237. The SMILES string of the molecule is CC1=CC(O/C=C2/C(=O)N(C)C3CC=CC23)OC1=O. The van der Waals surface area contributed by atoms with Crippen molar-refractivity contribution in [2.75, 3.05) is 7.05 Å². The van der Waals surface area contributed by atoms with E-state index in [1.807, 2.05) is 6.08 Å². The van der Waals surface area contributed by atoms with E-state index in [1.54, 1.807) is 24.9 Å². The molecule has 0 bridgehead atoms. The number of hydrogen-bond donors (Lipinski definition) is 0. The number of cyclic esters (lactones) is 1. The topological polar surface area (TPSA) is 55.8 Å². The maximum absolute atomic E-state index is 12.1. The maximum atomic E-state index is 12.1. The van der Waals surface area contributed by atoms with E-state index in [-0.39, 0.29) is 23.8 Å². The minimum Gasteiger partial charge on any atom is -0.458 e. The summed E-state index contributed by atoms with van der Waals surface area (Å²) in [6.45, 7) is 1.67. The molecule has 19 heavy (non-hydrogen) atoms. The van der Waals surface area contributed by atoms with Gasteiger partial charge in [0.15, 0.2) is 0 Å². The first-order valence-corrected chi connectivity index (χ1v) is 6.26. The molecule has 0 N–H and O–H groups in total. The van der Waals surface area contributed by atoms with E-state index in [0.29, 0.717) is 11.1 Å². The van der Waals surface area contributed by atoms with Crippen LogP contribution in [-0.2, 0) is 19.1 Å². The van der Waals surface area contributed by atoms with Gasteiger partial charge in [0.1, 0.15) is 0 Å². The Morgan fingerprint density at radius 3 is 2.95 bits per heavy atom. The molecule has 5 nitrogen and oxygen atoms in total. The maximum Gasteiger partial charge on any atom is 0.336 e. The van der Waals surface area contributed by atoms with Crippen molar-refractivity contribution in [3.63, 3.8) is 0 Å². The van der Waals surface area contributed by atoms with Crippen molar-refractivity contribution in [3.8, 4) is 0 Å². The number of esters is 1. The second kappa shape index (κ2) is 4.26. The number of fused-ring (bicyclic) bond motifs is 1. The predicted molar refractivity (Wildman–Crippen MR) is 66.6 cm³/mol. The number of carbonyl (C=O) groups is 2. The van der Waals surface area contributed by atoms with Crippen LogP contribution in [0.5, 0.6) is 0 Å². The van der Waals surface area contributed by atoms with Crippen molar-refractivity contribution in [2.45, 2.75) is 25.7 Å². The first-order chi connectivity index (χ1) is 9.08. The molecular formula is C14H15NO4. The lowest BCUT2D eigenvalue weighted by atomic mass is 10.0. The Morgan fingerprint density at radius 2 is 2.26 bits per heavy atom. The third-order valence-corrected chi connectivity index (χ3v) is 3.82. The zero-order chi connectivity index (χ0) is 13.6. The third-order valence-electron chi connectivity index (χ3n) is 3.82. The molecule has 3 rings (SSSR count). The summed E-state index contributed by atoms with van der Waals surface area (Å²) in [7, 11) is 1.80. The van der Waals surface area contributed by atoms with E-state index in [2.05, 4.69) is 6.08 Å². The highest BCUT2D eigenvalue weighted by atomic mass is 16.7. The van der Waals surface area contributed by atoms with Crippen molar-refractivity contribution in [3.05, 3.63) is 35.6 Å². The highest BCUT2D eigenvalue weighted by Gasteiger charge is 2.42. The van der Waals surface area contributed by atoms with Crippen molar-refractivity contribution in [1.29, 1.82) is 0 Å². The lowest BCUT2D eigenvalue weighted by Gasteiger charge is -2.16. The van der Waals surface area contributed by atoms with Crippen LogP contribution in [0.25, 0.3) is 0 Å². The number of likely N-dealkylation sites (N-methyl/N-ethyl adjacent to an activating group) is 1. The van der Waals surface area contributed by atoms with Crippen LogP contribution >= 0.6 is 0 Å². The largest absolute Gasteiger partial charge is 0.458 e. The van der Waals surface area contributed by atoms with Crippen molar-refractivity contribution >= 4 is 11.9 Å². The molecule has 0 aromatic carbocycles. The fraction of sp³-hybridized carbons (Fsp3) is 0.429. The van der Waals surface area contributed by atoms with Gasteiger partial charge in [0.05, 0.1) is 11.8 Å². The molecule has 3 aliphatic rings. The fourth-order valence-corrected chi connectivity index (χ4v) is 2.69. The number of likely N-dealkylation sites (tertiary alicyclic amines) is 1. The van der Waals surface area contributed by atoms with Gasteiger partial charge in [-0.1, -0.05) is 12.2 Å². The standard InChI is InChI=1S/C14H15NO4/c1-8-6-12(19-14(8)17)18-7-10-9-4-3-5-11(9)15(2)13(10)16/h3-4,6-7,9,11-12H,5H2,1-2H3/b10-7+. The first kappa shape index (κ1) is 12.0. The highest BCUT2D eigenvalue weighted by Crippen LogP contribution is 2.37. The summed E-state index contributed by atoms with van der Waals surface area (Å²) in [6, 6.07) is 0.200. The minimum atomic E-state index is -0.720. The summed E-state index contributed by atoms with van der Waals surface area (Å²) in [5.41, 5.74) is 1.15. The van der Waals surface area contributed by atoms with Crippen LogP contribution in [0.3, 0.4) is 0 Å². The highest BCUT2D eigenvalue weighted by molar-refractivity contribution is 5.97. The van der Waals surface area contributed by atoms with Crippen LogP contribution in [0.4, 0.5) is 0 Å². The van der Waals surface area contributed by atoms with Gasteiger partial charge in [-0.15, -0.1) is 0 Å². The Hall–Kier alpha value is -2.04. The normalized spacial score (nSPS) is 34.8. The molecule has 3 unspecified atom stereocenters. The number of ether oxygens (including phenoxy) is 2. The first-order valence-electron chi connectivity index (χ1n) is 6.26. The van der Waals surface area contributed by atoms with Gasteiger partial charge in [-0.05, 0) is 13.3 Å². The molecule has 0 aromatic rings. The summed E-state index contributed by atoms with van der Waals surface area (Å²) in [4.78, 5) is 25.0. The smallest absolute Gasteiger partial charge is 0.336 e. The molecule has 1 fully saturated rings. The number of amides is 1. The van der Waals surface area contributed by atoms with Gasteiger partial charge in [0.2, 0.25) is 0 Å². The summed E-state index contributed by atoms with van der Waals surface area (Å²) >= 11 is 0. The Kier molecular flexibility index (Phi) is 2.69. The van der Waals surface area contributed by atoms with E-state index < -0.39 is 6.29 Å². The summed E-state index contributed by atoms with van der Waals surface area (Å²) in [5.74, 6) is -0.319. The lowest BCUT2D eigenvalue weighted by Crippen LogP contribution is -2.28. The Labute approximate surface area is 111 Å². The zero-order valence-corrected chi connectivity index (χ0v) is 10.8. The van der Waals surface area contributed by atoms with Crippen molar-refractivity contribution < 1.29 is 19.1 Å². The molecular weight excluding hydrogens is 246 g/mol. The zero-order valence-electron chi connectivity index (χ0n) is 10.8. The average Bonchev–Trinajstić information content (AvgIpc) is 3.01. The van der Waals surface area contributed by atoms with E-state index in [1.165, 1.54) is 6.26 Å². The van der Waals surface area contributed by atoms with E-state index >= 15 is 0 Å². The van der Waals surface area contributed by atoms with E-state index in [0.717, 1.165) is 6.42 Å². The van der Waals surface area contributed by atoms with Gasteiger partial charge in [0, 0.05) is 30.7 Å². The Balaban J connectivity index is 1.75. The quantitative estimate of drug-likeness (QED) is 0.324. The number of hydrogen-bond acceptors (Lipinski definition) is 4. The van der Waals surface area contributed by atoms with Crippen LogP contribution in [0.1, 0.15) is 13.3 Å². The van der Waals surface area contributed by atoms with Gasteiger partial charge >= 0.3 is 5.97 Å². The molecule has 0 saturated carbocycles. The monoisotopic (exact) mass is 261 g/mol. The Morgan fingerprint density at radius 1 is 1.47 bits per heavy atom. The molecule has 1 amide bonds. The molecule has 5 heteroatoms. The van der Waals surface area contributed by atoms with Gasteiger partial charge in [-0.3, -0.25) is 4.79 Å². The number of carbonyl (C=O) groups excluding carboxylic acids is 2. The molecule has 3 atom stereocenters. The van der Waals surface area contributed by atoms with Crippen molar-refractivity contribution in [2.24, 2.45) is 5.92 Å². The van der Waals surface area contributed by atoms with Crippen molar-refractivity contribution in [1.82, 2.24) is 4.90 Å². The van der Waals surface area contributed by atoms with Gasteiger partial charge in [-0.2, -0.15) is 0 Å². The molecule has 2 aliphatic heterocycles. The third kappa shape index (κ3) is 1.85. The number of nitrogens with zero attached hydrogens (tertiary/aromatic N) is 1.